The summed E-state index contributed by atoms with van der Waals surface area (Å²) in [5.74, 6) is 0. The Morgan fingerprint density at radius 3 is 2.16 bits per heavy atom. The van der Waals surface area contributed by atoms with Gasteiger partial charge >= 0.3 is 5.69 Å². The second-order valence-corrected chi connectivity index (χ2v) is 21.5. The molecule has 1 aromatic rings. The van der Waals surface area contributed by atoms with E-state index >= 15 is 0 Å². The van der Waals surface area contributed by atoms with Crippen molar-refractivity contribution in [2.24, 2.45) is 0 Å². The third-order valence-corrected chi connectivity index (χ3v) is 16.5. The highest BCUT2D eigenvalue weighted by molar-refractivity contribution is 6.74. The van der Waals surface area contributed by atoms with Gasteiger partial charge in [0.05, 0.1) is 19.3 Å². The molecule has 0 saturated carbocycles. The summed E-state index contributed by atoms with van der Waals surface area (Å²) < 4.78 is 20.9. The quantitative estimate of drug-likeness (QED) is 0.571. The molecule has 1 aliphatic heterocycles. The molecule has 0 aliphatic carbocycles. The SMILES string of the molecule is CC(C)(C)[Si](C)(C)OC[C@@]1(CO)O[C@@H](n2ccc(=O)[nH]c2=O)C[C@@H]1O[Si](C)(C)C(C)(C)C. The summed E-state index contributed by atoms with van der Waals surface area (Å²) in [6, 6.07) is 1.29. The molecule has 1 fully saturated rings. The zero-order valence-corrected chi connectivity index (χ0v) is 23.4. The Hall–Kier alpha value is -1.05. The highest BCUT2D eigenvalue weighted by Crippen LogP contribution is 2.45. The second-order valence-electron chi connectivity index (χ2n) is 12.0. The van der Waals surface area contributed by atoms with E-state index in [1.165, 1.54) is 16.8 Å². The van der Waals surface area contributed by atoms with Crippen molar-refractivity contribution >= 4 is 16.6 Å². The average molecular weight is 487 g/mol. The molecule has 0 amide bonds. The Morgan fingerprint density at radius 2 is 1.69 bits per heavy atom. The summed E-state index contributed by atoms with van der Waals surface area (Å²) in [4.78, 5) is 26.2. The van der Waals surface area contributed by atoms with Gasteiger partial charge in [-0.15, -0.1) is 0 Å². The Balaban J connectivity index is 2.45. The van der Waals surface area contributed by atoms with E-state index in [1.54, 1.807) is 0 Å². The van der Waals surface area contributed by atoms with Crippen LogP contribution in [0.25, 0.3) is 0 Å². The van der Waals surface area contributed by atoms with Crippen LogP contribution in [0.4, 0.5) is 0 Å². The molecule has 2 heterocycles. The lowest BCUT2D eigenvalue weighted by Crippen LogP contribution is -2.56. The standard InChI is InChI=1S/C22H42N2O6Si2/c1-20(2,3)31(7,8)28-15-22(14-25)16(30-32(9,10)21(4,5)6)13-18(29-22)24-12-11-17(26)23-19(24)27/h11-12,16,18,25H,13-15H2,1-10H3,(H,23,26,27)/t16-,18+,22+/m0/s1. The highest BCUT2D eigenvalue weighted by Gasteiger charge is 2.55. The molecule has 184 valence electrons. The molecule has 2 rings (SSSR count). The van der Waals surface area contributed by atoms with E-state index in [-0.39, 0.29) is 23.3 Å². The molecular weight excluding hydrogens is 444 g/mol. The van der Waals surface area contributed by atoms with Crippen LogP contribution in [0.5, 0.6) is 0 Å². The van der Waals surface area contributed by atoms with Gasteiger partial charge in [0, 0.05) is 18.7 Å². The van der Waals surface area contributed by atoms with Gasteiger partial charge in [0.2, 0.25) is 0 Å². The first-order chi connectivity index (χ1) is 14.4. The minimum atomic E-state index is -2.22. The van der Waals surface area contributed by atoms with E-state index in [2.05, 4.69) is 72.7 Å². The Morgan fingerprint density at radius 1 is 1.12 bits per heavy atom. The average Bonchev–Trinajstić information content (AvgIpc) is 2.96. The molecule has 1 aliphatic rings. The zero-order chi connectivity index (χ0) is 24.8. The molecule has 10 heteroatoms. The maximum absolute atomic E-state index is 12.4. The number of hydrogen-bond donors (Lipinski definition) is 2. The Bertz CT molecular complexity index is 912. The summed E-state index contributed by atoms with van der Waals surface area (Å²) in [6.45, 7) is 21.5. The summed E-state index contributed by atoms with van der Waals surface area (Å²) in [7, 11) is -4.35. The summed E-state index contributed by atoms with van der Waals surface area (Å²) in [6.07, 6.45) is 0.670. The van der Waals surface area contributed by atoms with Crippen LogP contribution in [-0.4, -0.2) is 56.2 Å². The van der Waals surface area contributed by atoms with Crippen LogP contribution in [-0.2, 0) is 13.6 Å². The number of ether oxygens (including phenoxy) is 1. The molecule has 0 aromatic carbocycles. The Kier molecular flexibility index (Phi) is 7.61. The van der Waals surface area contributed by atoms with Crippen molar-refractivity contribution in [3.8, 4) is 0 Å². The van der Waals surface area contributed by atoms with E-state index in [0.29, 0.717) is 6.42 Å². The smallest absolute Gasteiger partial charge is 0.330 e. The number of aromatic amines is 1. The number of rotatable bonds is 7. The van der Waals surface area contributed by atoms with Gasteiger partial charge < -0.3 is 18.7 Å². The van der Waals surface area contributed by atoms with Crippen molar-refractivity contribution in [1.82, 2.24) is 9.55 Å². The predicted molar refractivity (Wildman–Crippen MR) is 131 cm³/mol. The van der Waals surface area contributed by atoms with Gasteiger partial charge in [0.1, 0.15) is 11.8 Å². The molecule has 32 heavy (non-hydrogen) atoms. The van der Waals surface area contributed by atoms with Crippen LogP contribution in [0.2, 0.25) is 36.3 Å². The molecule has 1 aromatic heterocycles. The number of aliphatic hydroxyl groups excluding tert-OH is 1. The second kappa shape index (κ2) is 8.96. The first kappa shape index (κ1) is 27.2. The van der Waals surface area contributed by atoms with Gasteiger partial charge in [-0.3, -0.25) is 14.3 Å². The van der Waals surface area contributed by atoms with E-state index < -0.39 is 45.8 Å². The van der Waals surface area contributed by atoms with E-state index in [9.17, 15) is 14.7 Å². The van der Waals surface area contributed by atoms with Crippen molar-refractivity contribution < 1.29 is 18.7 Å². The van der Waals surface area contributed by atoms with Crippen molar-refractivity contribution in [3.05, 3.63) is 33.1 Å². The summed E-state index contributed by atoms with van der Waals surface area (Å²) >= 11 is 0. The van der Waals surface area contributed by atoms with E-state index in [0.717, 1.165) is 0 Å². The number of nitrogens with one attached hydrogen (secondary N) is 1. The maximum Gasteiger partial charge on any atom is 0.330 e. The van der Waals surface area contributed by atoms with Gasteiger partial charge in [-0.25, -0.2) is 4.79 Å². The van der Waals surface area contributed by atoms with Gasteiger partial charge in [0.15, 0.2) is 16.6 Å². The number of hydrogen-bond acceptors (Lipinski definition) is 6. The lowest BCUT2D eigenvalue weighted by atomic mass is 9.99. The van der Waals surface area contributed by atoms with Crippen molar-refractivity contribution in [2.75, 3.05) is 13.2 Å². The van der Waals surface area contributed by atoms with Crippen LogP contribution >= 0.6 is 0 Å². The van der Waals surface area contributed by atoms with Crippen molar-refractivity contribution in [3.63, 3.8) is 0 Å². The fourth-order valence-corrected chi connectivity index (χ4v) is 5.55. The van der Waals surface area contributed by atoms with Gasteiger partial charge in [0.25, 0.3) is 5.56 Å². The summed E-state index contributed by atoms with van der Waals surface area (Å²) in [5.41, 5.74) is -2.12. The van der Waals surface area contributed by atoms with Crippen LogP contribution in [0.3, 0.4) is 0 Å². The van der Waals surface area contributed by atoms with E-state index in [4.69, 9.17) is 13.6 Å². The van der Waals surface area contributed by atoms with E-state index in [1.807, 2.05) is 0 Å². The fraction of sp³-hybridized carbons (Fsp3) is 0.818. The third-order valence-electron chi connectivity index (χ3n) is 7.53. The minimum Gasteiger partial charge on any atom is -0.414 e. The summed E-state index contributed by atoms with van der Waals surface area (Å²) in [5, 5.41) is 10.5. The first-order valence-corrected chi connectivity index (χ1v) is 17.1. The van der Waals surface area contributed by atoms with Gasteiger partial charge in [-0.2, -0.15) is 0 Å². The predicted octanol–water partition coefficient (Wildman–Crippen LogP) is 3.60. The van der Waals surface area contributed by atoms with Crippen LogP contribution in [0.15, 0.2) is 21.9 Å². The molecule has 2 N–H and O–H groups in total. The fourth-order valence-electron chi connectivity index (χ4n) is 3.14. The largest absolute Gasteiger partial charge is 0.414 e. The zero-order valence-electron chi connectivity index (χ0n) is 21.4. The number of aromatic nitrogens is 2. The number of nitrogens with zero attached hydrogens (tertiary/aromatic N) is 1. The molecule has 8 nitrogen and oxygen atoms in total. The first-order valence-electron chi connectivity index (χ1n) is 11.3. The lowest BCUT2D eigenvalue weighted by molar-refractivity contribution is -0.145. The molecule has 3 atom stereocenters. The number of H-pyrrole nitrogens is 1. The van der Waals surface area contributed by atoms with Gasteiger partial charge in [-0.1, -0.05) is 41.5 Å². The van der Waals surface area contributed by atoms with Crippen molar-refractivity contribution in [1.29, 1.82) is 0 Å². The monoisotopic (exact) mass is 486 g/mol. The van der Waals surface area contributed by atoms with Crippen LogP contribution in [0.1, 0.15) is 54.2 Å². The normalized spacial score (nSPS) is 25.3. The molecular formula is C22H42N2O6Si2. The Labute approximate surface area is 193 Å². The third kappa shape index (κ3) is 5.53. The number of aliphatic hydroxyl groups is 1. The maximum atomic E-state index is 12.4. The van der Waals surface area contributed by atoms with Crippen LogP contribution < -0.4 is 11.2 Å². The molecule has 0 spiro atoms. The minimum absolute atomic E-state index is 0.00666. The topological polar surface area (TPSA) is 103 Å². The van der Waals surface area contributed by atoms with Crippen molar-refractivity contribution in [2.45, 2.75) is 102 Å². The lowest BCUT2D eigenvalue weighted by Gasteiger charge is -2.44. The molecule has 1 saturated heterocycles. The molecule has 0 radical (unpaired) electrons. The highest BCUT2D eigenvalue weighted by atomic mass is 28.4. The molecule has 0 bridgehead atoms. The van der Waals surface area contributed by atoms with Gasteiger partial charge in [-0.05, 0) is 36.3 Å². The van der Waals surface area contributed by atoms with Crippen LogP contribution in [0, 0.1) is 0 Å². The molecule has 0 unspecified atom stereocenters.